The van der Waals surface area contributed by atoms with Crippen LogP contribution in [0.4, 0.5) is 5.69 Å². The Hall–Kier alpha value is -1.07. The molecule has 4 nitrogen and oxygen atoms in total. The van der Waals surface area contributed by atoms with Crippen LogP contribution in [0.5, 0.6) is 0 Å². The lowest BCUT2D eigenvalue weighted by molar-refractivity contribution is 0.440. The highest BCUT2D eigenvalue weighted by atomic mass is 32.2. The highest BCUT2D eigenvalue weighted by Gasteiger charge is 2.39. The van der Waals surface area contributed by atoms with Gasteiger partial charge >= 0.3 is 0 Å². The third kappa shape index (κ3) is 2.81. The van der Waals surface area contributed by atoms with E-state index in [1.165, 1.54) is 25.7 Å². The molecule has 3 aliphatic carbocycles. The second kappa shape index (κ2) is 4.99. The molecule has 0 aliphatic heterocycles. The van der Waals surface area contributed by atoms with Gasteiger partial charge in [-0.05, 0) is 68.2 Å². The Bertz CT molecular complexity index is 622. The quantitative estimate of drug-likeness (QED) is 0.879. The molecule has 2 N–H and O–H groups in total. The molecule has 2 bridgehead atoms. The van der Waals surface area contributed by atoms with E-state index in [9.17, 15) is 8.42 Å². The first-order valence-electron chi connectivity index (χ1n) is 7.99. The van der Waals surface area contributed by atoms with Crippen LogP contribution in [0, 0.1) is 11.8 Å². The lowest BCUT2D eigenvalue weighted by Crippen LogP contribution is -2.26. The molecule has 4 rings (SSSR count). The van der Waals surface area contributed by atoms with Gasteiger partial charge in [0.2, 0.25) is 10.0 Å². The summed E-state index contributed by atoms with van der Waals surface area (Å²) in [7, 11) is -3.33. The number of nitrogens with one attached hydrogen (secondary N) is 2. The zero-order valence-corrected chi connectivity index (χ0v) is 12.9. The average molecular weight is 306 g/mol. The lowest BCUT2D eigenvalue weighted by Gasteiger charge is -2.24. The van der Waals surface area contributed by atoms with Crippen molar-refractivity contribution in [1.29, 1.82) is 0 Å². The van der Waals surface area contributed by atoms with Crippen molar-refractivity contribution in [2.75, 3.05) is 5.32 Å². The van der Waals surface area contributed by atoms with Crippen molar-refractivity contribution in [3.05, 3.63) is 24.3 Å². The summed E-state index contributed by atoms with van der Waals surface area (Å²) in [6.07, 6.45) is 7.31. The largest absolute Gasteiger partial charge is 0.382 e. The first-order valence-corrected chi connectivity index (χ1v) is 9.47. The van der Waals surface area contributed by atoms with Gasteiger partial charge in [0.15, 0.2) is 0 Å². The van der Waals surface area contributed by atoms with E-state index in [0.717, 1.165) is 30.4 Å². The van der Waals surface area contributed by atoms with Gasteiger partial charge in [0.25, 0.3) is 0 Å². The fourth-order valence-corrected chi connectivity index (χ4v) is 5.16. The van der Waals surface area contributed by atoms with E-state index in [-0.39, 0.29) is 6.04 Å². The normalized spacial score (nSPS) is 31.5. The van der Waals surface area contributed by atoms with Crippen molar-refractivity contribution in [2.45, 2.75) is 55.5 Å². The smallest absolute Gasteiger partial charge is 0.240 e. The number of anilines is 1. The Morgan fingerprint density at radius 1 is 0.952 bits per heavy atom. The molecule has 5 heteroatoms. The molecule has 3 fully saturated rings. The van der Waals surface area contributed by atoms with E-state index < -0.39 is 10.0 Å². The third-order valence-electron chi connectivity index (χ3n) is 5.15. The average Bonchev–Trinajstić information content (AvgIpc) is 3.01. The molecular formula is C16H22N2O2S. The number of benzene rings is 1. The van der Waals surface area contributed by atoms with Gasteiger partial charge in [0.1, 0.15) is 0 Å². The fraction of sp³-hybridized carbons (Fsp3) is 0.625. The van der Waals surface area contributed by atoms with Crippen LogP contribution in [0.1, 0.15) is 38.5 Å². The highest BCUT2D eigenvalue weighted by molar-refractivity contribution is 7.89. The van der Waals surface area contributed by atoms with E-state index in [0.29, 0.717) is 10.9 Å². The van der Waals surface area contributed by atoms with E-state index in [4.69, 9.17) is 0 Å². The predicted octanol–water partition coefficient (Wildman–Crippen LogP) is 2.73. The fourth-order valence-electron chi connectivity index (χ4n) is 3.85. The van der Waals surface area contributed by atoms with Crippen LogP contribution in [0.15, 0.2) is 29.2 Å². The van der Waals surface area contributed by atoms with E-state index in [2.05, 4.69) is 10.0 Å². The molecule has 3 aliphatic rings. The van der Waals surface area contributed by atoms with Gasteiger partial charge in [-0.2, -0.15) is 0 Å². The molecule has 21 heavy (non-hydrogen) atoms. The Balaban J connectivity index is 1.43. The summed E-state index contributed by atoms with van der Waals surface area (Å²) in [4.78, 5) is 0.368. The molecular weight excluding hydrogens is 284 g/mol. The van der Waals surface area contributed by atoms with E-state index in [1.807, 2.05) is 12.1 Å². The first kappa shape index (κ1) is 13.6. The summed E-state index contributed by atoms with van der Waals surface area (Å²) in [5, 5.41) is 3.59. The number of hydrogen-bond acceptors (Lipinski definition) is 3. The molecule has 3 saturated carbocycles. The molecule has 0 saturated heterocycles. The molecule has 3 unspecified atom stereocenters. The Morgan fingerprint density at radius 3 is 2.29 bits per heavy atom. The van der Waals surface area contributed by atoms with Crippen molar-refractivity contribution in [3.63, 3.8) is 0 Å². The van der Waals surface area contributed by atoms with Crippen LogP contribution < -0.4 is 10.0 Å². The Labute approximate surface area is 126 Å². The molecule has 114 valence electrons. The summed E-state index contributed by atoms with van der Waals surface area (Å²) in [5.74, 6) is 1.73. The monoisotopic (exact) mass is 306 g/mol. The van der Waals surface area contributed by atoms with Crippen molar-refractivity contribution in [3.8, 4) is 0 Å². The second-order valence-electron chi connectivity index (χ2n) is 6.85. The minimum atomic E-state index is -3.33. The van der Waals surface area contributed by atoms with Gasteiger partial charge in [0.05, 0.1) is 4.90 Å². The maximum Gasteiger partial charge on any atom is 0.240 e. The summed E-state index contributed by atoms with van der Waals surface area (Å²) in [5.41, 5.74) is 1.04. The summed E-state index contributed by atoms with van der Waals surface area (Å²) in [6, 6.07) is 7.94. The zero-order chi connectivity index (χ0) is 14.4. The van der Waals surface area contributed by atoms with Gasteiger partial charge < -0.3 is 5.32 Å². The number of sulfonamides is 1. The van der Waals surface area contributed by atoms with Crippen LogP contribution in [0.2, 0.25) is 0 Å². The minimum Gasteiger partial charge on any atom is -0.382 e. The van der Waals surface area contributed by atoms with Crippen molar-refractivity contribution >= 4 is 15.7 Å². The van der Waals surface area contributed by atoms with Gasteiger partial charge in [-0.1, -0.05) is 6.42 Å². The van der Waals surface area contributed by atoms with E-state index in [1.54, 1.807) is 12.1 Å². The highest BCUT2D eigenvalue weighted by Crippen LogP contribution is 2.45. The number of rotatable bonds is 5. The maximum atomic E-state index is 12.1. The zero-order valence-electron chi connectivity index (χ0n) is 12.1. The third-order valence-corrected chi connectivity index (χ3v) is 6.69. The van der Waals surface area contributed by atoms with Crippen LogP contribution in [0.3, 0.4) is 0 Å². The number of fused-ring (bicyclic) bond motifs is 2. The molecule has 1 aromatic carbocycles. The Kier molecular flexibility index (Phi) is 3.23. The molecule has 3 atom stereocenters. The first-order chi connectivity index (χ1) is 10.1. The molecule has 1 aromatic rings. The second-order valence-corrected chi connectivity index (χ2v) is 8.56. The minimum absolute atomic E-state index is 0.154. The van der Waals surface area contributed by atoms with Crippen LogP contribution in [0.25, 0.3) is 0 Å². The molecule has 0 aromatic heterocycles. The SMILES string of the molecule is O=S(=O)(NC1CC1)c1ccc(NC2CC3CCC2C3)cc1. The van der Waals surface area contributed by atoms with Gasteiger partial charge in [0, 0.05) is 17.8 Å². The predicted molar refractivity (Wildman–Crippen MR) is 82.6 cm³/mol. The summed E-state index contributed by atoms with van der Waals surface area (Å²) < 4.78 is 26.9. The number of hydrogen-bond donors (Lipinski definition) is 2. The molecule has 0 radical (unpaired) electrons. The lowest BCUT2D eigenvalue weighted by atomic mass is 9.95. The van der Waals surface area contributed by atoms with Crippen molar-refractivity contribution < 1.29 is 8.42 Å². The van der Waals surface area contributed by atoms with Crippen molar-refractivity contribution in [2.24, 2.45) is 11.8 Å². The van der Waals surface area contributed by atoms with Gasteiger partial charge in [-0.25, -0.2) is 13.1 Å². The van der Waals surface area contributed by atoms with Crippen LogP contribution >= 0.6 is 0 Å². The van der Waals surface area contributed by atoms with Crippen LogP contribution in [-0.4, -0.2) is 20.5 Å². The van der Waals surface area contributed by atoms with E-state index >= 15 is 0 Å². The summed E-state index contributed by atoms with van der Waals surface area (Å²) in [6.45, 7) is 0. The summed E-state index contributed by atoms with van der Waals surface area (Å²) >= 11 is 0. The Morgan fingerprint density at radius 2 is 1.71 bits per heavy atom. The topological polar surface area (TPSA) is 58.2 Å². The standard InChI is InChI=1S/C16H22N2O2S/c19-21(20,18-14-3-4-14)15-7-5-13(6-8-15)17-16-10-11-1-2-12(16)9-11/h5-8,11-12,14,16-18H,1-4,9-10H2. The molecule has 0 heterocycles. The molecule has 0 amide bonds. The van der Waals surface area contributed by atoms with Crippen molar-refractivity contribution in [1.82, 2.24) is 4.72 Å². The molecule has 0 spiro atoms. The van der Waals surface area contributed by atoms with Gasteiger partial charge in [-0.15, -0.1) is 0 Å². The van der Waals surface area contributed by atoms with Crippen LogP contribution in [-0.2, 0) is 10.0 Å². The van der Waals surface area contributed by atoms with Gasteiger partial charge in [-0.3, -0.25) is 0 Å². The maximum absolute atomic E-state index is 12.1.